The normalized spacial score (nSPS) is 12.0. The van der Waals surface area contributed by atoms with Crippen LogP contribution in [0.5, 0.6) is 0 Å². The van der Waals surface area contributed by atoms with Crippen LogP contribution in [0.2, 0.25) is 0 Å². The first-order chi connectivity index (χ1) is 14.3. The van der Waals surface area contributed by atoms with Crippen LogP contribution >= 0.6 is 0 Å². The molecule has 0 saturated heterocycles. The molecule has 2 aromatic rings. The van der Waals surface area contributed by atoms with Gasteiger partial charge in [-0.25, -0.2) is 4.68 Å². The largest absolute Gasteiger partial charge is 0.481 e. The molecule has 30 heavy (non-hydrogen) atoms. The minimum atomic E-state index is -4.48. The summed E-state index contributed by atoms with van der Waals surface area (Å²) in [6, 6.07) is 11.2. The number of halogens is 3. The van der Waals surface area contributed by atoms with Crippen LogP contribution in [-0.2, 0) is 17.5 Å². The number of alkyl halides is 3. The van der Waals surface area contributed by atoms with Gasteiger partial charge in [0.05, 0.1) is 5.56 Å². The molecule has 154 valence electrons. The highest BCUT2D eigenvalue weighted by Crippen LogP contribution is 2.38. The highest BCUT2D eigenvalue weighted by molar-refractivity contribution is 5.97. The number of aromatic nitrogens is 2. The fourth-order valence-electron chi connectivity index (χ4n) is 3.30. The number of hydrogen-bond acceptors (Lipinski definition) is 4. The predicted octanol–water partition coefficient (Wildman–Crippen LogP) is 4.64. The lowest BCUT2D eigenvalue weighted by Crippen LogP contribution is -2.17. The molecule has 9 heteroatoms. The first-order valence-corrected chi connectivity index (χ1v) is 9.07. The van der Waals surface area contributed by atoms with E-state index in [9.17, 15) is 22.8 Å². The average molecular weight is 416 g/mol. The van der Waals surface area contributed by atoms with Gasteiger partial charge in [-0.1, -0.05) is 24.3 Å². The van der Waals surface area contributed by atoms with Crippen LogP contribution in [0.1, 0.15) is 18.4 Å². The minimum Gasteiger partial charge on any atom is -0.481 e. The van der Waals surface area contributed by atoms with E-state index in [2.05, 4.69) is 5.10 Å². The number of carboxylic acids is 1. The van der Waals surface area contributed by atoms with E-state index in [0.717, 1.165) is 12.1 Å². The van der Waals surface area contributed by atoms with Crippen LogP contribution in [-0.4, -0.2) is 20.9 Å². The number of nitrogens with zero attached hydrogens (tertiary/aromatic N) is 2. The fraction of sp³-hybridized carbons (Fsp3) is 0.190. The molecule has 0 saturated carbocycles. The molecule has 0 spiro atoms. The summed E-state index contributed by atoms with van der Waals surface area (Å²) in [5.74, 6) is -0.864. The van der Waals surface area contributed by atoms with Crippen molar-refractivity contribution in [3.05, 3.63) is 64.4 Å². The molecule has 1 N–H and O–H groups in total. The summed E-state index contributed by atoms with van der Waals surface area (Å²) in [5, 5.41) is 13.7. The summed E-state index contributed by atoms with van der Waals surface area (Å²) < 4.78 is 45.8. The van der Waals surface area contributed by atoms with E-state index in [1.54, 1.807) is 24.3 Å². The van der Waals surface area contributed by atoms with Crippen LogP contribution in [0.4, 0.5) is 13.2 Å². The van der Waals surface area contributed by atoms with E-state index in [-0.39, 0.29) is 30.7 Å². The van der Waals surface area contributed by atoms with Crippen molar-refractivity contribution in [2.45, 2.75) is 25.6 Å². The van der Waals surface area contributed by atoms with E-state index in [1.165, 1.54) is 16.8 Å². The Morgan fingerprint density at radius 2 is 1.80 bits per heavy atom. The lowest BCUT2D eigenvalue weighted by Gasteiger charge is -2.10. The smallest absolute Gasteiger partial charge is 0.416 e. The third-order valence-electron chi connectivity index (χ3n) is 4.72. The van der Waals surface area contributed by atoms with Gasteiger partial charge in [0.2, 0.25) is 0 Å². The number of hydrogen-bond donors (Lipinski definition) is 1. The standard InChI is InChI=1S/C21H15F3N2O4/c22-21(23,24)13-9-7-12(8-10-13)19-17-18(14-4-1-2-5-15(14)30-19)25-26(20(17)29)11-3-6-16(27)28/h1-2,4-5,7-10H,3,6,11H2,(H,27,28). The Hall–Kier alpha value is -3.62. The lowest BCUT2D eigenvalue weighted by atomic mass is 10.0. The molecule has 0 bridgehead atoms. The third-order valence-corrected chi connectivity index (χ3v) is 4.72. The average Bonchev–Trinajstić information content (AvgIpc) is 3.03. The number of para-hydroxylation sites is 1. The molecule has 0 atom stereocenters. The van der Waals surface area contributed by atoms with E-state index in [4.69, 9.17) is 9.52 Å². The van der Waals surface area contributed by atoms with Gasteiger partial charge >= 0.3 is 12.1 Å². The summed E-state index contributed by atoms with van der Waals surface area (Å²) >= 11 is 0. The number of carbonyl (C=O) groups is 1. The number of aliphatic carboxylic acids is 1. The maximum absolute atomic E-state index is 13.0. The molecule has 2 aliphatic rings. The van der Waals surface area contributed by atoms with Gasteiger partial charge in [-0.2, -0.15) is 18.3 Å². The second kappa shape index (κ2) is 7.33. The van der Waals surface area contributed by atoms with E-state index >= 15 is 0 Å². The van der Waals surface area contributed by atoms with Crippen molar-refractivity contribution >= 4 is 16.9 Å². The molecule has 0 radical (unpaired) electrons. The Morgan fingerprint density at radius 1 is 1.10 bits per heavy atom. The van der Waals surface area contributed by atoms with Crippen LogP contribution < -0.4 is 5.56 Å². The predicted molar refractivity (Wildman–Crippen MR) is 102 cm³/mol. The van der Waals surface area contributed by atoms with Crippen molar-refractivity contribution in [1.29, 1.82) is 0 Å². The summed E-state index contributed by atoms with van der Waals surface area (Å²) in [4.78, 5) is 23.7. The topological polar surface area (TPSA) is 85.3 Å². The first kappa shape index (κ1) is 19.7. The lowest BCUT2D eigenvalue weighted by molar-refractivity contribution is -0.138. The van der Waals surface area contributed by atoms with Crippen LogP contribution in [0.3, 0.4) is 0 Å². The Morgan fingerprint density at radius 3 is 2.47 bits per heavy atom. The number of benzene rings is 2. The van der Waals surface area contributed by atoms with Gasteiger partial charge < -0.3 is 9.52 Å². The highest BCUT2D eigenvalue weighted by Gasteiger charge is 2.31. The van der Waals surface area contributed by atoms with Crippen molar-refractivity contribution in [3.8, 4) is 22.6 Å². The van der Waals surface area contributed by atoms with Crippen molar-refractivity contribution in [2.24, 2.45) is 0 Å². The van der Waals surface area contributed by atoms with Gasteiger partial charge in [0, 0.05) is 23.9 Å². The molecule has 0 unspecified atom stereocenters. The second-order valence-electron chi connectivity index (χ2n) is 6.75. The zero-order valence-corrected chi connectivity index (χ0v) is 15.4. The molecule has 0 amide bonds. The molecule has 4 rings (SSSR count). The zero-order valence-electron chi connectivity index (χ0n) is 15.4. The van der Waals surface area contributed by atoms with Crippen LogP contribution in [0.15, 0.2) is 57.7 Å². The minimum absolute atomic E-state index is 0.0978. The monoisotopic (exact) mass is 416 g/mol. The highest BCUT2D eigenvalue weighted by atomic mass is 19.4. The SMILES string of the molecule is O=C(O)CCCn1nc2c3ccccc3oc(-c3ccc(C(F)(F)F)cc3)c-2c1=O. The molecular formula is C21H15F3N2O4. The van der Waals surface area contributed by atoms with Gasteiger partial charge in [0.25, 0.3) is 5.56 Å². The molecule has 2 aromatic carbocycles. The zero-order chi connectivity index (χ0) is 21.5. The van der Waals surface area contributed by atoms with Crippen molar-refractivity contribution < 1.29 is 27.5 Å². The van der Waals surface area contributed by atoms with Gasteiger partial charge in [0.15, 0.2) is 0 Å². The summed E-state index contributed by atoms with van der Waals surface area (Å²) in [6.07, 6.45) is -4.39. The summed E-state index contributed by atoms with van der Waals surface area (Å²) in [5.41, 5.74) is -0.0679. The number of rotatable bonds is 5. The van der Waals surface area contributed by atoms with E-state index in [0.29, 0.717) is 22.2 Å². The third kappa shape index (κ3) is 3.54. The fourth-order valence-corrected chi connectivity index (χ4v) is 3.30. The van der Waals surface area contributed by atoms with Gasteiger partial charge in [-0.15, -0.1) is 0 Å². The quantitative estimate of drug-likeness (QED) is 0.512. The summed E-state index contributed by atoms with van der Waals surface area (Å²) in [6.45, 7) is 0.0978. The number of carboxylic acid groups (broad SMARTS) is 1. The Kier molecular flexibility index (Phi) is 4.81. The van der Waals surface area contributed by atoms with Gasteiger partial charge in [-0.05, 0) is 30.7 Å². The molecule has 0 fully saturated rings. The van der Waals surface area contributed by atoms with Crippen molar-refractivity contribution in [3.63, 3.8) is 0 Å². The van der Waals surface area contributed by atoms with Gasteiger partial charge in [-0.3, -0.25) is 9.59 Å². The number of aryl methyl sites for hydroxylation is 1. The molecule has 0 aromatic heterocycles. The van der Waals surface area contributed by atoms with Crippen LogP contribution in [0, 0.1) is 0 Å². The number of fused-ring (bicyclic) bond motifs is 3. The molecule has 6 nitrogen and oxygen atoms in total. The van der Waals surface area contributed by atoms with E-state index < -0.39 is 23.3 Å². The summed E-state index contributed by atoms with van der Waals surface area (Å²) in [7, 11) is 0. The first-order valence-electron chi connectivity index (χ1n) is 9.07. The maximum atomic E-state index is 13.0. The maximum Gasteiger partial charge on any atom is 0.416 e. The van der Waals surface area contributed by atoms with Gasteiger partial charge in [0.1, 0.15) is 22.6 Å². The molecular weight excluding hydrogens is 401 g/mol. The Labute approximate surface area is 167 Å². The Balaban J connectivity index is 1.89. The van der Waals surface area contributed by atoms with E-state index in [1.807, 2.05) is 0 Å². The molecule has 2 aliphatic heterocycles. The second-order valence-corrected chi connectivity index (χ2v) is 6.75. The van der Waals surface area contributed by atoms with Crippen molar-refractivity contribution in [2.75, 3.05) is 0 Å². The van der Waals surface area contributed by atoms with Crippen LogP contribution in [0.25, 0.3) is 33.6 Å². The molecule has 2 heterocycles. The Bertz CT molecular complexity index is 1260. The molecule has 0 aliphatic carbocycles. The van der Waals surface area contributed by atoms with Crippen molar-refractivity contribution in [1.82, 2.24) is 9.78 Å².